The molecular formula is C24H25N3O. The van der Waals surface area contributed by atoms with Crippen LogP contribution in [0.2, 0.25) is 0 Å². The predicted molar refractivity (Wildman–Crippen MR) is 116 cm³/mol. The summed E-state index contributed by atoms with van der Waals surface area (Å²) < 4.78 is 2.17. The third kappa shape index (κ3) is 2.64. The number of hydrogen-bond donors (Lipinski definition) is 2. The minimum Gasteiger partial charge on any atom is -0.387 e. The van der Waals surface area contributed by atoms with Gasteiger partial charge in [-0.3, -0.25) is 4.79 Å². The van der Waals surface area contributed by atoms with Crippen LogP contribution in [0.3, 0.4) is 0 Å². The Kier molecular flexibility index (Phi) is 4.34. The Bertz CT molecular complexity index is 1180. The second kappa shape index (κ2) is 6.71. The van der Waals surface area contributed by atoms with E-state index in [1.165, 1.54) is 16.7 Å². The van der Waals surface area contributed by atoms with Crippen molar-refractivity contribution in [3.63, 3.8) is 0 Å². The van der Waals surface area contributed by atoms with Crippen LogP contribution in [-0.2, 0) is 0 Å². The molecule has 142 valence electrons. The molecule has 1 amide bonds. The van der Waals surface area contributed by atoms with Gasteiger partial charge >= 0.3 is 0 Å². The van der Waals surface area contributed by atoms with Gasteiger partial charge in [0.05, 0.1) is 11.1 Å². The molecule has 0 saturated heterocycles. The van der Waals surface area contributed by atoms with Gasteiger partial charge in [-0.15, -0.1) is 0 Å². The molecule has 0 radical (unpaired) electrons. The maximum atomic E-state index is 12.4. The number of nitrogens with zero attached hydrogens (tertiary/aromatic N) is 1. The van der Waals surface area contributed by atoms with Crippen LogP contribution in [-0.4, -0.2) is 17.0 Å². The summed E-state index contributed by atoms with van der Waals surface area (Å²) in [5, 5.41) is 4.20. The highest BCUT2D eigenvalue weighted by Gasteiger charge is 2.23. The molecule has 1 aliphatic heterocycles. The summed E-state index contributed by atoms with van der Waals surface area (Å²) >= 11 is 0. The number of nitrogens with two attached hydrogens (primary N) is 1. The number of carbonyl (C=O) groups is 1. The fourth-order valence-electron chi connectivity index (χ4n) is 4.26. The van der Waals surface area contributed by atoms with Gasteiger partial charge in [-0.05, 0) is 79.9 Å². The monoisotopic (exact) mass is 371 g/mol. The van der Waals surface area contributed by atoms with Crippen molar-refractivity contribution in [2.75, 3.05) is 6.54 Å². The van der Waals surface area contributed by atoms with Gasteiger partial charge in [0, 0.05) is 23.3 Å². The normalized spacial score (nSPS) is 13.5. The Balaban J connectivity index is 2.09. The van der Waals surface area contributed by atoms with Crippen molar-refractivity contribution >= 4 is 22.4 Å². The summed E-state index contributed by atoms with van der Waals surface area (Å²) in [5.74, 6) is -0.387. The number of aryl methyl sites for hydroxylation is 2. The Morgan fingerprint density at radius 2 is 1.86 bits per heavy atom. The van der Waals surface area contributed by atoms with E-state index >= 15 is 0 Å². The molecule has 4 nitrogen and oxygen atoms in total. The number of aromatic nitrogens is 1. The number of nitrogens with one attached hydrogen (secondary N) is 1. The van der Waals surface area contributed by atoms with E-state index < -0.39 is 0 Å². The SMILES string of the molecule is Cc1cccc(-n2c(C)c(C(N)=O)c3c(C)c(C4=CC=CNC4)ccc32)c1C. The van der Waals surface area contributed by atoms with E-state index in [1.807, 2.05) is 19.2 Å². The van der Waals surface area contributed by atoms with Crippen molar-refractivity contribution in [3.05, 3.63) is 82.2 Å². The number of benzene rings is 2. The maximum Gasteiger partial charge on any atom is 0.251 e. The quantitative estimate of drug-likeness (QED) is 0.714. The molecule has 0 unspecified atom stereocenters. The number of fused-ring (bicyclic) bond motifs is 1. The molecule has 4 heteroatoms. The number of primary amides is 1. The molecule has 0 bridgehead atoms. The number of dihydropyridines is 1. The van der Waals surface area contributed by atoms with Crippen molar-refractivity contribution in [1.29, 1.82) is 0 Å². The van der Waals surface area contributed by atoms with Crippen molar-refractivity contribution in [2.45, 2.75) is 27.7 Å². The molecule has 0 spiro atoms. The minimum absolute atomic E-state index is 0.387. The lowest BCUT2D eigenvalue weighted by molar-refractivity contribution is 0.100. The highest BCUT2D eigenvalue weighted by atomic mass is 16.1. The average Bonchev–Trinajstić information content (AvgIpc) is 2.98. The largest absolute Gasteiger partial charge is 0.387 e. The van der Waals surface area contributed by atoms with Crippen molar-refractivity contribution in [1.82, 2.24) is 9.88 Å². The van der Waals surface area contributed by atoms with E-state index in [0.717, 1.165) is 40.0 Å². The summed E-state index contributed by atoms with van der Waals surface area (Å²) in [6.07, 6.45) is 6.06. The molecule has 2 aromatic carbocycles. The van der Waals surface area contributed by atoms with Gasteiger partial charge in [0.15, 0.2) is 0 Å². The Morgan fingerprint density at radius 3 is 2.54 bits per heavy atom. The molecule has 0 atom stereocenters. The van der Waals surface area contributed by atoms with E-state index in [9.17, 15) is 4.79 Å². The molecule has 0 aliphatic carbocycles. The molecule has 3 aromatic rings. The van der Waals surface area contributed by atoms with E-state index in [2.05, 4.69) is 67.1 Å². The lowest BCUT2D eigenvalue weighted by Gasteiger charge is -2.16. The first-order chi connectivity index (χ1) is 13.4. The topological polar surface area (TPSA) is 60.0 Å². The van der Waals surface area contributed by atoms with E-state index in [-0.39, 0.29) is 5.91 Å². The number of amides is 1. The Labute approximate surface area is 165 Å². The van der Waals surface area contributed by atoms with E-state index in [1.54, 1.807) is 0 Å². The van der Waals surface area contributed by atoms with E-state index in [4.69, 9.17) is 5.73 Å². The number of allylic oxidation sites excluding steroid dienone is 2. The van der Waals surface area contributed by atoms with Crippen LogP contribution in [0.1, 0.15) is 38.3 Å². The zero-order valence-electron chi connectivity index (χ0n) is 16.8. The van der Waals surface area contributed by atoms with Crippen LogP contribution in [0.5, 0.6) is 0 Å². The van der Waals surface area contributed by atoms with Crippen molar-refractivity contribution in [3.8, 4) is 5.69 Å². The van der Waals surface area contributed by atoms with Crippen LogP contribution >= 0.6 is 0 Å². The molecular weight excluding hydrogens is 346 g/mol. The zero-order valence-corrected chi connectivity index (χ0v) is 16.8. The summed E-state index contributed by atoms with van der Waals surface area (Å²) in [6, 6.07) is 10.5. The number of carbonyl (C=O) groups excluding carboxylic acids is 1. The van der Waals surface area contributed by atoms with Gasteiger partial charge in [0.1, 0.15) is 0 Å². The van der Waals surface area contributed by atoms with Gasteiger partial charge in [0.2, 0.25) is 0 Å². The Morgan fingerprint density at radius 1 is 1.07 bits per heavy atom. The molecule has 0 saturated carbocycles. The molecule has 2 heterocycles. The molecule has 3 N–H and O–H groups in total. The summed E-state index contributed by atoms with van der Waals surface area (Å²) in [7, 11) is 0. The van der Waals surface area contributed by atoms with Crippen LogP contribution in [0, 0.1) is 27.7 Å². The highest BCUT2D eigenvalue weighted by molar-refractivity contribution is 6.10. The third-order valence-corrected chi connectivity index (χ3v) is 5.84. The van der Waals surface area contributed by atoms with Gasteiger partial charge in [-0.25, -0.2) is 0 Å². The fourth-order valence-corrected chi connectivity index (χ4v) is 4.26. The highest BCUT2D eigenvalue weighted by Crippen LogP contribution is 2.36. The zero-order chi connectivity index (χ0) is 20.0. The molecule has 4 rings (SSSR count). The molecule has 28 heavy (non-hydrogen) atoms. The van der Waals surface area contributed by atoms with Gasteiger partial charge in [-0.2, -0.15) is 0 Å². The first kappa shape index (κ1) is 18.1. The number of hydrogen-bond acceptors (Lipinski definition) is 2. The number of rotatable bonds is 3. The summed E-state index contributed by atoms with van der Waals surface area (Å²) in [4.78, 5) is 12.4. The molecule has 1 aromatic heterocycles. The van der Waals surface area contributed by atoms with Crippen molar-refractivity contribution in [2.24, 2.45) is 5.73 Å². The summed E-state index contributed by atoms with van der Waals surface area (Å²) in [5.41, 5.74) is 15.3. The van der Waals surface area contributed by atoms with Crippen LogP contribution in [0.15, 0.2) is 48.7 Å². The molecule has 0 fully saturated rings. The third-order valence-electron chi connectivity index (χ3n) is 5.84. The average molecular weight is 371 g/mol. The van der Waals surface area contributed by atoms with Gasteiger partial charge in [0.25, 0.3) is 5.91 Å². The van der Waals surface area contributed by atoms with E-state index in [0.29, 0.717) is 5.56 Å². The van der Waals surface area contributed by atoms with Gasteiger partial charge in [-0.1, -0.05) is 24.3 Å². The maximum absolute atomic E-state index is 12.4. The lowest BCUT2D eigenvalue weighted by Crippen LogP contribution is -2.14. The Hall–Kier alpha value is -3.27. The van der Waals surface area contributed by atoms with Crippen LogP contribution in [0.25, 0.3) is 22.2 Å². The second-order valence-electron chi connectivity index (χ2n) is 7.44. The minimum atomic E-state index is -0.387. The van der Waals surface area contributed by atoms with Crippen molar-refractivity contribution < 1.29 is 4.79 Å². The van der Waals surface area contributed by atoms with Crippen LogP contribution < -0.4 is 11.1 Å². The second-order valence-corrected chi connectivity index (χ2v) is 7.44. The first-order valence-electron chi connectivity index (χ1n) is 9.52. The summed E-state index contributed by atoms with van der Waals surface area (Å²) in [6.45, 7) is 9.05. The fraction of sp³-hybridized carbons (Fsp3) is 0.208. The lowest BCUT2D eigenvalue weighted by atomic mass is 9.94. The van der Waals surface area contributed by atoms with Gasteiger partial charge < -0.3 is 15.6 Å². The predicted octanol–water partition coefficient (Wildman–Crippen LogP) is 4.46. The molecule has 1 aliphatic rings. The first-order valence-corrected chi connectivity index (χ1v) is 9.52. The van der Waals surface area contributed by atoms with Crippen LogP contribution in [0.4, 0.5) is 0 Å². The smallest absolute Gasteiger partial charge is 0.251 e. The standard InChI is InChI=1S/C24H25N3O/c1-14-7-5-9-20(15(14)2)27-17(4)23(24(25)28)22-16(3)19(10-11-21(22)27)18-8-6-12-26-13-18/h5-12,26H,13H2,1-4H3,(H2,25,28).